The number of unbranched alkanes of at least 4 members (excludes halogenated alkanes) is 51. The first-order valence-electron chi connectivity index (χ1n) is 31.8. The van der Waals surface area contributed by atoms with Gasteiger partial charge in [-0.05, 0) is 61.3 Å². The van der Waals surface area contributed by atoms with Crippen molar-refractivity contribution < 1.29 is 0 Å². The van der Waals surface area contributed by atoms with E-state index in [2.05, 4.69) is 39.0 Å². The van der Waals surface area contributed by atoms with Gasteiger partial charge in [-0.25, -0.2) is 0 Å². The van der Waals surface area contributed by atoms with E-state index >= 15 is 0 Å². The van der Waals surface area contributed by atoms with Crippen LogP contribution in [0, 0.1) is 6.07 Å². The van der Waals surface area contributed by atoms with E-state index < -0.39 is 0 Å². The molecule has 0 unspecified atom stereocenters. The number of hydrogen-bond donors (Lipinski definition) is 0. The molecule has 1 aromatic carbocycles. The predicted octanol–water partition coefficient (Wildman–Crippen LogP) is 24.2. The Bertz CT molecular complexity index is 963. The van der Waals surface area contributed by atoms with Crippen molar-refractivity contribution in [2.75, 3.05) is 0 Å². The summed E-state index contributed by atoms with van der Waals surface area (Å²) < 4.78 is 0. The third-order valence-electron chi connectivity index (χ3n) is 15.7. The summed E-state index contributed by atoms with van der Waals surface area (Å²) in [7, 11) is 0. The minimum absolute atomic E-state index is 1.29. The third kappa shape index (κ3) is 45.7. The van der Waals surface area contributed by atoms with Crippen LogP contribution in [0.15, 0.2) is 12.1 Å². The largest absolute Gasteiger partial charge is 0.0654 e. The molecule has 0 N–H and O–H groups in total. The first kappa shape index (κ1) is 63.2. The van der Waals surface area contributed by atoms with Gasteiger partial charge in [-0.2, -0.15) is 0 Å². The summed E-state index contributed by atoms with van der Waals surface area (Å²) in [6, 6.07) is 8.45. The van der Waals surface area contributed by atoms with E-state index in [-0.39, 0.29) is 0 Å². The average molecular weight is 919 g/mol. The van der Waals surface area contributed by atoms with Crippen LogP contribution in [0.2, 0.25) is 0 Å². The highest BCUT2D eigenvalue weighted by Gasteiger charge is 2.10. The molecule has 0 aromatic heterocycles. The summed E-state index contributed by atoms with van der Waals surface area (Å²) >= 11 is 0. The molecule has 1 aromatic rings. The number of hydrogen-bond acceptors (Lipinski definition) is 0. The van der Waals surface area contributed by atoms with Gasteiger partial charge in [0.25, 0.3) is 0 Å². The maximum absolute atomic E-state index is 3.65. The fourth-order valence-electron chi connectivity index (χ4n) is 11.0. The lowest BCUT2D eigenvalue weighted by Gasteiger charge is -2.15. The van der Waals surface area contributed by atoms with Crippen molar-refractivity contribution in [3.05, 3.63) is 34.9 Å². The van der Waals surface area contributed by atoms with Gasteiger partial charge in [-0.1, -0.05) is 360 Å². The fourth-order valence-corrected chi connectivity index (χ4v) is 11.0. The molecular weight excluding hydrogens is 793 g/mol. The second kappa shape index (κ2) is 55.2. The molecule has 66 heavy (non-hydrogen) atoms. The monoisotopic (exact) mass is 918 g/mol. The molecule has 0 saturated carbocycles. The molecule has 0 nitrogen and oxygen atoms in total. The Hall–Kier alpha value is -0.780. The molecule has 0 spiro atoms. The summed E-state index contributed by atoms with van der Waals surface area (Å²) in [4.78, 5) is 0. The van der Waals surface area contributed by atoms with Crippen molar-refractivity contribution >= 4 is 0 Å². The van der Waals surface area contributed by atoms with E-state index in [1.54, 1.807) is 16.7 Å². The lowest BCUT2D eigenvalue weighted by Crippen LogP contribution is -2.02. The van der Waals surface area contributed by atoms with Gasteiger partial charge in [-0.15, -0.1) is 0 Å². The van der Waals surface area contributed by atoms with Crippen LogP contribution in [0.3, 0.4) is 0 Å². The lowest BCUT2D eigenvalue weighted by molar-refractivity contribution is 0.523. The number of rotatable bonds is 57. The fraction of sp³-hybridized carbons (Fsp3) is 0.909. The molecule has 389 valence electrons. The van der Waals surface area contributed by atoms with Crippen molar-refractivity contribution in [3.8, 4) is 0 Å². The Balaban J connectivity index is 2.28. The van der Waals surface area contributed by atoms with E-state index in [1.165, 1.54) is 366 Å². The van der Waals surface area contributed by atoms with Gasteiger partial charge in [0, 0.05) is 0 Å². The van der Waals surface area contributed by atoms with E-state index in [4.69, 9.17) is 0 Å². The summed E-state index contributed by atoms with van der Waals surface area (Å²) in [5.41, 5.74) is 5.08. The molecule has 0 heteroatoms. The molecule has 1 radical (unpaired) electrons. The molecule has 0 aliphatic heterocycles. The molecule has 0 bridgehead atoms. The van der Waals surface area contributed by atoms with E-state index in [1.807, 2.05) is 0 Å². The van der Waals surface area contributed by atoms with Crippen LogP contribution < -0.4 is 0 Å². The van der Waals surface area contributed by atoms with Gasteiger partial charge in [0.1, 0.15) is 0 Å². The van der Waals surface area contributed by atoms with Crippen molar-refractivity contribution in [1.82, 2.24) is 0 Å². The molecule has 0 amide bonds. The molecule has 0 fully saturated rings. The second-order valence-corrected chi connectivity index (χ2v) is 22.3. The third-order valence-corrected chi connectivity index (χ3v) is 15.7. The highest BCUT2D eigenvalue weighted by Crippen LogP contribution is 2.24. The van der Waals surface area contributed by atoms with Gasteiger partial charge < -0.3 is 0 Å². The summed E-state index contributed by atoms with van der Waals surface area (Å²) in [5.74, 6) is 0. The highest BCUT2D eigenvalue weighted by atomic mass is 14.1. The maximum atomic E-state index is 3.65. The zero-order valence-corrected chi connectivity index (χ0v) is 46.5. The summed E-state index contributed by atoms with van der Waals surface area (Å²) in [6.07, 6.45) is 82.5. The quantitative estimate of drug-likeness (QED) is 0.0571. The molecule has 1 rings (SSSR count). The molecule has 0 heterocycles. The van der Waals surface area contributed by atoms with Crippen molar-refractivity contribution in [1.29, 1.82) is 0 Å². The lowest BCUT2D eigenvalue weighted by atomic mass is 9.90. The minimum Gasteiger partial charge on any atom is -0.0654 e. The number of aryl methyl sites for hydroxylation is 2. The normalized spacial score (nSPS) is 11.7. The Morgan fingerprint density at radius 3 is 0.530 bits per heavy atom. The van der Waals surface area contributed by atoms with Gasteiger partial charge in [0.05, 0.1) is 0 Å². The van der Waals surface area contributed by atoms with Crippen molar-refractivity contribution in [3.63, 3.8) is 0 Å². The molecular formula is C66H125. The van der Waals surface area contributed by atoms with Crippen LogP contribution in [-0.4, -0.2) is 0 Å². The molecule has 0 aliphatic rings. The molecule has 0 saturated heterocycles. The molecule has 0 atom stereocenters. The Kier molecular flexibility index (Phi) is 52.8. The number of benzene rings is 1. The standard InChI is InChI=1S/C66H125/c1-4-7-10-13-16-19-22-25-28-31-34-37-40-43-46-49-52-55-59-64-61-58-62-65(60-56-53-50-47-44-41-38-35-32-29-26-23-20-17-14-11-8-5-2)66(64)63-57-54-51-48-45-42-39-36-33-30-27-24-21-18-15-12-9-6-3/h61-62H,4-57,59-60,63H2,1-3H3. The second-order valence-electron chi connectivity index (χ2n) is 22.3. The van der Waals surface area contributed by atoms with Crippen LogP contribution >= 0.6 is 0 Å². The van der Waals surface area contributed by atoms with E-state index in [0.717, 1.165) is 0 Å². The van der Waals surface area contributed by atoms with Crippen molar-refractivity contribution in [2.45, 2.75) is 387 Å². The van der Waals surface area contributed by atoms with Gasteiger partial charge >= 0.3 is 0 Å². The Morgan fingerprint density at radius 2 is 0.348 bits per heavy atom. The highest BCUT2D eigenvalue weighted by molar-refractivity contribution is 5.35. The van der Waals surface area contributed by atoms with Gasteiger partial charge in [0.2, 0.25) is 0 Å². The van der Waals surface area contributed by atoms with E-state index in [9.17, 15) is 0 Å². The summed E-state index contributed by atoms with van der Waals surface area (Å²) in [5, 5.41) is 0. The van der Waals surface area contributed by atoms with Crippen LogP contribution in [0.25, 0.3) is 0 Å². The van der Waals surface area contributed by atoms with Crippen molar-refractivity contribution in [2.24, 2.45) is 0 Å². The van der Waals surface area contributed by atoms with Crippen LogP contribution in [0.1, 0.15) is 384 Å². The smallest absolute Gasteiger partial charge is 0.0178 e. The zero-order valence-electron chi connectivity index (χ0n) is 46.5. The Morgan fingerprint density at radius 1 is 0.197 bits per heavy atom. The maximum Gasteiger partial charge on any atom is -0.0178 e. The first-order valence-corrected chi connectivity index (χ1v) is 31.8. The van der Waals surface area contributed by atoms with Crippen LogP contribution in [-0.2, 0) is 19.3 Å². The average Bonchev–Trinajstić information content (AvgIpc) is 3.33. The first-order chi connectivity index (χ1) is 32.8. The van der Waals surface area contributed by atoms with Crippen LogP contribution in [0.5, 0.6) is 0 Å². The van der Waals surface area contributed by atoms with Gasteiger partial charge in [-0.3, -0.25) is 0 Å². The molecule has 0 aliphatic carbocycles. The SMILES string of the molecule is CCCCCCCCCCCCCCCCCCCCc1c[c]cc(CCCCCCCCCCCCCCCCCCCC)c1CCCCCCCCCCCCCCCCCCCC. The van der Waals surface area contributed by atoms with Crippen LogP contribution in [0.4, 0.5) is 0 Å². The van der Waals surface area contributed by atoms with E-state index in [0.29, 0.717) is 0 Å². The zero-order chi connectivity index (χ0) is 47.2. The Labute approximate surface area is 419 Å². The minimum atomic E-state index is 1.29. The van der Waals surface area contributed by atoms with Gasteiger partial charge in [0.15, 0.2) is 0 Å². The predicted molar refractivity (Wildman–Crippen MR) is 303 cm³/mol. The summed E-state index contributed by atoms with van der Waals surface area (Å²) in [6.45, 7) is 6.96. The topological polar surface area (TPSA) is 0 Å².